The number of carbonyl (C=O) groups is 1. The number of nitrogens with one attached hydrogen (secondary N) is 1. The number of hydrogen-bond donors (Lipinski definition) is 1. The van der Waals surface area contributed by atoms with Gasteiger partial charge in [0.15, 0.2) is 0 Å². The third-order valence-corrected chi connectivity index (χ3v) is 5.52. The molecule has 1 amide bonds. The van der Waals surface area contributed by atoms with Gasteiger partial charge >= 0.3 is 0 Å². The van der Waals surface area contributed by atoms with Gasteiger partial charge in [0.25, 0.3) is 0 Å². The number of carbonyl (C=O) groups excluding carboxylic acids is 1. The smallest absolute Gasteiger partial charge is 0.223 e. The molecule has 146 valence electrons. The summed E-state index contributed by atoms with van der Waals surface area (Å²) < 4.78 is 2.03. The number of amides is 1. The molecule has 1 N–H and O–H groups in total. The summed E-state index contributed by atoms with van der Waals surface area (Å²) in [5.74, 6) is 1.19. The molecular weight excluding hydrogens is 350 g/mol. The molecule has 28 heavy (non-hydrogen) atoms. The van der Waals surface area contributed by atoms with E-state index in [-0.39, 0.29) is 11.8 Å². The first kappa shape index (κ1) is 18.5. The zero-order valence-corrected chi connectivity index (χ0v) is 16.8. The van der Waals surface area contributed by atoms with Crippen LogP contribution in [0, 0.1) is 13.8 Å². The second kappa shape index (κ2) is 7.62. The number of imidazole rings is 1. The van der Waals surface area contributed by atoms with Gasteiger partial charge in [-0.2, -0.15) is 5.10 Å². The first-order valence-corrected chi connectivity index (χ1v) is 9.96. The molecule has 3 aromatic rings. The van der Waals surface area contributed by atoms with Gasteiger partial charge in [0.05, 0.1) is 18.1 Å². The van der Waals surface area contributed by atoms with Crippen LogP contribution in [0.2, 0.25) is 0 Å². The Labute approximate surface area is 165 Å². The lowest BCUT2D eigenvalue weighted by molar-refractivity contribution is -0.128. The van der Waals surface area contributed by atoms with Crippen molar-refractivity contribution in [1.29, 1.82) is 0 Å². The molecule has 1 aliphatic rings. The highest BCUT2D eigenvalue weighted by atomic mass is 16.2. The fourth-order valence-electron chi connectivity index (χ4n) is 3.85. The highest BCUT2D eigenvalue weighted by Crippen LogP contribution is 2.30. The molecule has 0 saturated carbocycles. The molecular formula is C22H27N5O. The normalized spacial score (nSPS) is 16.9. The SMILES string of the molecule is CCCn1ncc(-c2cnc([C@H]3CC(=O)N(Cc4ccc(C)cc4)C3)[nH]2)c1C. The van der Waals surface area contributed by atoms with Crippen molar-refractivity contribution in [2.24, 2.45) is 0 Å². The van der Waals surface area contributed by atoms with Crippen molar-refractivity contribution in [1.82, 2.24) is 24.6 Å². The molecule has 0 unspecified atom stereocenters. The third-order valence-electron chi connectivity index (χ3n) is 5.52. The Morgan fingerprint density at radius 3 is 2.71 bits per heavy atom. The van der Waals surface area contributed by atoms with Crippen molar-refractivity contribution in [2.75, 3.05) is 6.54 Å². The van der Waals surface area contributed by atoms with Crippen molar-refractivity contribution >= 4 is 5.91 Å². The molecule has 1 atom stereocenters. The molecule has 0 aliphatic carbocycles. The van der Waals surface area contributed by atoms with Crippen LogP contribution >= 0.6 is 0 Å². The molecule has 3 heterocycles. The quantitative estimate of drug-likeness (QED) is 0.710. The van der Waals surface area contributed by atoms with Crippen molar-refractivity contribution in [3.8, 4) is 11.3 Å². The summed E-state index contributed by atoms with van der Waals surface area (Å²) in [4.78, 5) is 22.5. The Bertz CT molecular complexity index is 969. The van der Waals surface area contributed by atoms with E-state index in [0.717, 1.165) is 35.7 Å². The highest BCUT2D eigenvalue weighted by Gasteiger charge is 2.32. The number of nitrogens with zero attached hydrogens (tertiary/aromatic N) is 4. The van der Waals surface area contributed by atoms with Gasteiger partial charge in [-0.3, -0.25) is 9.48 Å². The maximum absolute atomic E-state index is 12.5. The lowest BCUT2D eigenvalue weighted by atomic mass is 10.1. The van der Waals surface area contributed by atoms with E-state index in [9.17, 15) is 4.79 Å². The first-order chi connectivity index (χ1) is 13.5. The van der Waals surface area contributed by atoms with Crippen LogP contribution in [0.15, 0.2) is 36.7 Å². The van der Waals surface area contributed by atoms with Crippen LogP contribution in [0.5, 0.6) is 0 Å². The topological polar surface area (TPSA) is 66.8 Å². The summed E-state index contributed by atoms with van der Waals surface area (Å²) in [6, 6.07) is 8.37. The summed E-state index contributed by atoms with van der Waals surface area (Å²) in [6.07, 6.45) is 5.32. The molecule has 2 aromatic heterocycles. The highest BCUT2D eigenvalue weighted by molar-refractivity contribution is 5.79. The number of benzene rings is 1. The zero-order chi connectivity index (χ0) is 19.7. The van der Waals surface area contributed by atoms with E-state index in [1.165, 1.54) is 11.1 Å². The number of aromatic nitrogens is 4. The van der Waals surface area contributed by atoms with E-state index in [4.69, 9.17) is 0 Å². The summed E-state index contributed by atoms with van der Waals surface area (Å²) in [6.45, 7) is 8.58. The molecule has 1 fully saturated rings. The van der Waals surface area contributed by atoms with Crippen molar-refractivity contribution < 1.29 is 4.79 Å². The molecule has 1 saturated heterocycles. The average Bonchev–Trinajstić information content (AvgIpc) is 3.38. The minimum Gasteiger partial charge on any atom is -0.342 e. The summed E-state index contributed by atoms with van der Waals surface area (Å²) in [5, 5.41) is 4.47. The van der Waals surface area contributed by atoms with Crippen LogP contribution in [0.3, 0.4) is 0 Å². The van der Waals surface area contributed by atoms with Gasteiger partial charge in [-0.1, -0.05) is 36.8 Å². The van der Waals surface area contributed by atoms with Gasteiger partial charge in [-0.15, -0.1) is 0 Å². The van der Waals surface area contributed by atoms with Crippen LogP contribution in [0.1, 0.15) is 48.3 Å². The predicted octanol–water partition coefficient (Wildman–Crippen LogP) is 3.82. The van der Waals surface area contributed by atoms with Gasteiger partial charge < -0.3 is 9.88 Å². The Morgan fingerprint density at radius 2 is 1.96 bits per heavy atom. The minimum atomic E-state index is 0.109. The van der Waals surface area contributed by atoms with Gasteiger partial charge in [-0.05, 0) is 25.8 Å². The molecule has 6 heteroatoms. The predicted molar refractivity (Wildman–Crippen MR) is 109 cm³/mol. The monoisotopic (exact) mass is 377 g/mol. The van der Waals surface area contributed by atoms with Gasteiger partial charge in [0.1, 0.15) is 5.82 Å². The third kappa shape index (κ3) is 3.59. The molecule has 1 aromatic carbocycles. The molecule has 0 radical (unpaired) electrons. The van der Waals surface area contributed by atoms with Crippen LogP contribution in [0.25, 0.3) is 11.3 Å². The maximum atomic E-state index is 12.5. The Hall–Kier alpha value is -2.89. The largest absolute Gasteiger partial charge is 0.342 e. The summed E-state index contributed by atoms with van der Waals surface area (Å²) >= 11 is 0. The number of hydrogen-bond acceptors (Lipinski definition) is 3. The van der Waals surface area contributed by atoms with E-state index in [0.29, 0.717) is 19.5 Å². The zero-order valence-electron chi connectivity index (χ0n) is 16.8. The molecule has 0 spiro atoms. The average molecular weight is 377 g/mol. The summed E-state index contributed by atoms with van der Waals surface area (Å²) in [7, 11) is 0. The Kier molecular flexibility index (Phi) is 5.03. The van der Waals surface area contributed by atoms with Crippen LogP contribution < -0.4 is 0 Å². The number of rotatable bonds is 6. The van der Waals surface area contributed by atoms with Gasteiger partial charge in [0.2, 0.25) is 5.91 Å². The standard InChI is InChI=1S/C22H27N5O/c1-4-9-27-16(3)19(11-24-27)20-12-23-22(25-20)18-10-21(28)26(14-18)13-17-7-5-15(2)6-8-17/h5-8,11-12,18H,4,9-10,13-14H2,1-3H3,(H,23,25)/t18-/m0/s1. The second-order valence-corrected chi connectivity index (χ2v) is 7.71. The molecule has 4 rings (SSSR count). The lowest BCUT2D eigenvalue weighted by Crippen LogP contribution is -2.24. The van der Waals surface area contributed by atoms with Crippen molar-refractivity contribution in [3.63, 3.8) is 0 Å². The first-order valence-electron chi connectivity index (χ1n) is 9.96. The van der Waals surface area contributed by atoms with E-state index in [1.54, 1.807) is 0 Å². The Morgan fingerprint density at radius 1 is 1.18 bits per heavy atom. The van der Waals surface area contributed by atoms with E-state index in [1.807, 2.05) is 22.0 Å². The van der Waals surface area contributed by atoms with E-state index < -0.39 is 0 Å². The number of H-pyrrole nitrogens is 1. The lowest BCUT2D eigenvalue weighted by Gasteiger charge is -2.16. The fraction of sp³-hybridized carbons (Fsp3) is 0.409. The molecule has 0 bridgehead atoms. The van der Waals surface area contributed by atoms with Gasteiger partial charge in [-0.25, -0.2) is 4.98 Å². The van der Waals surface area contributed by atoms with Crippen LogP contribution in [-0.4, -0.2) is 37.1 Å². The van der Waals surface area contributed by atoms with Gasteiger partial charge in [0, 0.05) is 43.2 Å². The second-order valence-electron chi connectivity index (χ2n) is 7.71. The summed E-state index contributed by atoms with van der Waals surface area (Å²) in [5.41, 5.74) is 5.58. The Balaban J connectivity index is 1.47. The maximum Gasteiger partial charge on any atom is 0.223 e. The number of likely N-dealkylation sites (tertiary alicyclic amines) is 1. The van der Waals surface area contributed by atoms with E-state index >= 15 is 0 Å². The van der Waals surface area contributed by atoms with E-state index in [2.05, 4.69) is 60.1 Å². The fourth-order valence-corrected chi connectivity index (χ4v) is 3.85. The van der Waals surface area contributed by atoms with Crippen LogP contribution in [-0.2, 0) is 17.9 Å². The molecule has 6 nitrogen and oxygen atoms in total. The molecule has 1 aliphatic heterocycles. The number of aryl methyl sites for hydroxylation is 2. The minimum absolute atomic E-state index is 0.109. The van der Waals surface area contributed by atoms with Crippen LogP contribution in [0.4, 0.5) is 0 Å². The van der Waals surface area contributed by atoms with Crippen molar-refractivity contribution in [3.05, 3.63) is 59.3 Å². The number of aromatic amines is 1. The van der Waals surface area contributed by atoms with Crippen molar-refractivity contribution in [2.45, 2.75) is 52.6 Å².